The van der Waals surface area contributed by atoms with Gasteiger partial charge in [0.05, 0.1) is 5.69 Å². The van der Waals surface area contributed by atoms with Crippen molar-refractivity contribution in [3.8, 4) is 5.75 Å². The summed E-state index contributed by atoms with van der Waals surface area (Å²) in [6, 6.07) is 8.72. The molecule has 1 amide bonds. The summed E-state index contributed by atoms with van der Waals surface area (Å²) in [4.78, 5) is 11.6. The van der Waals surface area contributed by atoms with Crippen LogP contribution in [0.1, 0.15) is 0 Å². The van der Waals surface area contributed by atoms with Crippen molar-refractivity contribution in [2.75, 3.05) is 17.7 Å². The SMILES string of the molecule is Cn1ccc(NC(=O)COc2ccccc2N)n1. The van der Waals surface area contributed by atoms with Crippen molar-refractivity contribution >= 4 is 17.4 Å². The van der Waals surface area contributed by atoms with Crippen molar-refractivity contribution in [1.29, 1.82) is 0 Å². The number of nitrogens with two attached hydrogens (primary N) is 1. The van der Waals surface area contributed by atoms with E-state index in [1.54, 1.807) is 48.3 Å². The van der Waals surface area contributed by atoms with E-state index in [1.165, 1.54) is 0 Å². The summed E-state index contributed by atoms with van der Waals surface area (Å²) in [7, 11) is 1.77. The predicted octanol–water partition coefficient (Wildman–Crippen LogP) is 1.02. The van der Waals surface area contributed by atoms with Crippen molar-refractivity contribution < 1.29 is 9.53 Å². The van der Waals surface area contributed by atoms with Crippen molar-refractivity contribution in [3.05, 3.63) is 36.5 Å². The maximum atomic E-state index is 11.6. The van der Waals surface area contributed by atoms with Gasteiger partial charge in [-0.05, 0) is 12.1 Å². The molecular weight excluding hydrogens is 232 g/mol. The molecule has 1 aromatic heterocycles. The van der Waals surface area contributed by atoms with Gasteiger partial charge in [-0.15, -0.1) is 0 Å². The van der Waals surface area contributed by atoms with Crippen LogP contribution in [-0.2, 0) is 11.8 Å². The van der Waals surface area contributed by atoms with Crippen LogP contribution < -0.4 is 15.8 Å². The number of carbonyl (C=O) groups excluding carboxylic acids is 1. The van der Waals surface area contributed by atoms with Gasteiger partial charge in [-0.25, -0.2) is 0 Å². The normalized spacial score (nSPS) is 10.1. The minimum Gasteiger partial charge on any atom is -0.482 e. The van der Waals surface area contributed by atoms with Crippen LogP contribution in [0.4, 0.5) is 11.5 Å². The quantitative estimate of drug-likeness (QED) is 0.789. The Morgan fingerprint density at radius 1 is 1.44 bits per heavy atom. The largest absolute Gasteiger partial charge is 0.482 e. The number of anilines is 2. The lowest BCUT2D eigenvalue weighted by Crippen LogP contribution is -2.20. The molecule has 1 heterocycles. The Hall–Kier alpha value is -2.50. The van der Waals surface area contributed by atoms with E-state index in [4.69, 9.17) is 10.5 Å². The highest BCUT2D eigenvalue weighted by molar-refractivity contribution is 5.90. The van der Waals surface area contributed by atoms with E-state index in [0.717, 1.165) is 0 Å². The molecule has 0 aliphatic heterocycles. The lowest BCUT2D eigenvalue weighted by molar-refractivity contribution is -0.118. The third-order valence-electron chi connectivity index (χ3n) is 2.26. The van der Waals surface area contributed by atoms with E-state index in [0.29, 0.717) is 17.3 Å². The Kier molecular flexibility index (Phi) is 3.47. The van der Waals surface area contributed by atoms with Crippen LogP contribution in [0.2, 0.25) is 0 Å². The van der Waals surface area contributed by atoms with E-state index in [2.05, 4.69) is 10.4 Å². The molecule has 3 N–H and O–H groups in total. The molecule has 6 nitrogen and oxygen atoms in total. The fourth-order valence-corrected chi connectivity index (χ4v) is 1.42. The van der Waals surface area contributed by atoms with Gasteiger partial charge < -0.3 is 15.8 Å². The molecular formula is C12H14N4O2. The van der Waals surface area contributed by atoms with E-state index < -0.39 is 0 Å². The molecule has 0 unspecified atom stereocenters. The number of ether oxygens (including phenoxy) is 1. The minimum atomic E-state index is -0.281. The summed E-state index contributed by atoms with van der Waals surface area (Å²) in [6.07, 6.45) is 1.74. The average molecular weight is 246 g/mol. The summed E-state index contributed by atoms with van der Waals surface area (Å²) in [5, 5.41) is 6.64. The molecule has 0 spiro atoms. The second-order valence-electron chi connectivity index (χ2n) is 3.75. The zero-order valence-corrected chi connectivity index (χ0v) is 9.96. The fourth-order valence-electron chi connectivity index (χ4n) is 1.42. The summed E-state index contributed by atoms with van der Waals surface area (Å²) >= 11 is 0. The van der Waals surface area contributed by atoms with Crippen molar-refractivity contribution in [3.63, 3.8) is 0 Å². The summed E-state index contributed by atoms with van der Waals surface area (Å²) in [5.74, 6) is 0.706. The molecule has 2 rings (SSSR count). The lowest BCUT2D eigenvalue weighted by atomic mass is 10.3. The number of nitrogens with one attached hydrogen (secondary N) is 1. The Morgan fingerprint density at radius 3 is 2.89 bits per heavy atom. The molecule has 0 atom stereocenters. The number of para-hydroxylation sites is 2. The first-order valence-electron chi connectivity index (χ1n) is 5.42. The van der Waals surface area contributed by atoms with Crippen molar-refractivity contribution in [1.82, 2.24) is 9.78 Å². The number of aryl methyl sites for hydroxylation is 1. The van der Waals surface area contributed by atoms with E-state index in [1.807, 2.05) is 0 Å². The fraction of sp³-hybridized carbons (Fsp3) is 0.167. The molecule has 0 aliphatic rings. The first-order valence-corrected chi connectivity index (χ1v) is 5.42. The monoisotopic (exact) mass is 246 g/mol. The summed E-state index contributed by atoms with van der Waals surface area (Å²) in [5.41, 5.74) is 6.19. The Bertz CT molecular complexity index is 551. The number of nitrogen functional groups attached to an aromatic ring is 1. The van der Waals surface area contributed by atoms with Gasteiger partial charge in [-0.2, -0.15) is 5.10 Å². The molecule has 0 fully saturated rings. The van der Waals surface area contributed by atoms with Gasteiger partial charge in [0.25, 0.3) is 5.91 Å². The Balaban J connectivity index is 1.87. The number of hydrogen-bond donors (Lipinski definition) is 2. The zero-order valence-electron chi connectivity index (χ0n) is 9.96. The molecule has 18 heavy (non-hydrogen) atoms. The number of hydrogen-bond acceptors (Lipinski definition) is 4. The molecule has 2 aromatic rings. The van der Waals surface area contributed by atoms with E-state index >= 15 is 0 Å². The Labute approximate surface area is 104 Å². The standard InChI is InChI=1S/C12H14N4O2/c1-16-7-6-11(15-16)14-12(17)8-18-10-5-3-2-4-9(10)13/h2-7H,8,13H2,1H3,(H,14,15,17). The van der Waals surface area contributed by atoms with Crippen LogP contribution in [-0.4, -0.2) is 22.3 Å². The van der Waals surface area contributed by atoms with Gasteiger partial charge in [0.15, 0.2) is 12.4 Å². The second-order valence-corrected chi connectivity index (χ2v) is 3.75. The minimum absolute atomic E-state index is 0.106. The van der Waals surface area contributed by atoms with Crippen LogP contribution in [0.3, 0.4) is 0 Å². The maximum Gasteiger partial charge on any atom is 0.263 e. The third-order valence-corrected chi connectivity index (χ3v) is 2.26. The molecule has 0 radical (unpaired) electrons. The number of rotatable bonds is 4. The summed E-state index contributed by atoms with van der Waals surface area (Å²) < 4.78 is 6.91. The Morgan fingerprint density at radius 2 is 2.22 bits per heavy atom. The van der Waals surface area contributed by atoms with Gasteiger partial charge in [0, 0.05) is 19.3 Å². The van der Waals surface area contributed by atoms with Crippen LogP contribution in [0.25, 0.3) is 0 Å². The highest BCUT2D eigenvalue weighted by Gasteiger charge is 2.06. The van der Waals surface area contributed by atoms with Gasteiger partial charge in [-0.1, -0.05) is 12.1 Å². The number of aromatic nitrogens is 2. The van der Waals surface area contributed by atoms with Crippen molar-refractivity contribution in [2.24, 2.45) is 7.05 Å². The van der Waals surface area contributed by atoms with Gasteiger partial charge in [0.1, 0.15) is 5.75 Å². The summed E-state index contributed by atoms with van der Waals surface area (Å²) in [6.45, 7) is -0.106. The molecule has 94 valence electrons. The highest BCUT2D eigenvalue weighted by Crippen LogP contribution is 2.19. The number of amides is 1. The molecule has 0 aliphatic carbocycles. The number of benzene rings is 1. The maximum absolute atomic E-state index is 11.6. The highest BCUT2D eigenvalue weighted by atomic mass is 16.5. The third kappa shape index (κ3) is 3.00. The number of nitrogens with zero attached hydrogens (tertiary/aromatic N) is 2. The second kappa shape index (κ2) is 5.22. The molecule has 1 aromatic carbocycles. The van der Waals surface area contributed by atoms with E-state index in [9.17, 15) is 4.79 Å². The molecule has 0 bridgehead atoms. The molecule has 0 saturated carbocycles. The lowest BCUT2D eigenvalue weighted by Gasteiger charge is -2.07. The van der Waals surface area contributed by atoms with Crippen LogP contribution >= 0.6 is 0 Å². The first kappa shape index (κ1) is 12.0. The first-order chi connectivity index (χ1) is 8.65. The smallest absolute Gasteiger partial charge is 0.263 e. The molecule has 6 heteroatoms. The van der Waals surface area contributed by atoms with Crippen LogP contribution in [0, 0.1) is 0 Å². The van der Waals surface area contributed by atoms with Gasteiger partial charge in [-0.3, -0.25) is 9.48 Å². The molecule has 0 saturated heterocycles. The predicted molar refractivity (Wildman–Crippen MR) is 68.2 cm³/mol. The van der Waals surface area contributed by atoms with Crippen molar-refractivity contribution in [2.45, 2.75) is 0 Å². The average Bonchev–Trinajstić information content (AvgIpc) is 2.74. The number of carbonyl (C=O) groups is 1. The van der Waals surface area contributed by atoms with E-state index in [-0.39, 0.29) is 12.5 Å². The zero-order chi connectivity index (χ0) is 13.0. The van der Waals surface area contributed by atoms with Gasteiger partial charge >= 0.3 is 0 Å². The topological polar surface area (TPSA) is 82.2 Å². The van der Waals surface area contributed by atoms with Crippen LogP contribution in [0.15, 0.2) is 36.5 Å². The van der Waals surface area contributed by atoms with Crippen LogP contribution in [0.5, 0.6) is 5.75 Å². The van der Waals surface area contributed by atoms with Gasteiger partial charge in [0.2, 0.25) is 0 Å².